The number of piperidine rings is 1. The fourth-order valence-electron chi connectivity index (χ4n) is 3.06. The lowest BCUT2D eigenvalue weighted by molar-refractivity contribution is 0.381. The molecule has 1 fully saturated rings. The molecule has 0 spiro atoms. The van der Waals surface area contributed by atoms with E-state index in [1.807, 2.05) is 6.07 Å². The number of fused-ring (bicyclic) bond motifs is 1. The zero-order valence-electron chi connectivity index (χ0n) is 12.1. The van der Waals surface area contributed by atoms with E-state index in [0.717, 1.165) is 12.3 Å². The minimum Gasteiger partial charge on any atom is -0.497 e. The van der Waals surface area contributed by atoms with Gasteiger partial charge in [0.25, 0.3) is 0 Å². The van der Waals surface area contributed by atoms with E-state index in [1.54, 1.807) is 7.11 Å². The summed E-state index contributed by atoms with van der Waals surface area (Å²) >= 11 is 0. The second kappa shape index (κ2) is 6.47. The molecular weight excluding hydrogens is 270 g/mol. The van der Waals surface area contributed by atoms with Crippen molar-refractivity contribution in [3.05, 3.63) is 42.0 Å². The summed E-state index contributed by atoms with van der Waals surface area (Å²) in [6, 6.07) is 13.8. The van der Waals surface area contributed by atoms with E-state index in [9.17, 15) is 0 Å². The smallest absolute Gasteiger partial charge is 0.119 e. The van der Waals surface area contributed by atoms with Gasteiger partial charge in [-0.2, -0.15) is 0 Å². The van der Waals surface area contributed by atoms with Gasteiger partial charge in [-0.25, -0.2) is 0 Å². The number of halogens is 1. The highest BCUT2D eigenvalue weighted by Crippen LogP contribution is 2.30. The van der Waals surface area contributed by atoms with Crippen LogP contribution in [0, 0.1) is 0 Å². The highest BCUT2D eigenvalue weighted by Gasteiger charge is 2.19. The van der Waals surface area contributed by atoms with Crippen LogP contribution >= 0.6 is 12.4 Å². The van der Waals surface area contributed by atoms with Crippen LogP contribution in [-0.2, 0) is 0 Å². The van der Waals surface area contributed by atoms with E-state index >= 15 is 0 Å². The summed E-state index contributed by atoms with van der Waals surface area (Å²) in [5, 5.41) is 6.08. The molecule has 1 heterocycles. The Kier molecular flexibility index (Phi) is 4.90. The number of rotatable bonds is 2. The molecule has 1 N–H and O–H groups in total. The molecule has 0 amide bonds. The monoisotopic (exact) mass is 291 g/mol. The Morgan fingerprint density at radius 1 is 1.10 bits per heavy atom. The third-order valence-corrected chi connectivity index (χ3v) is 4.17. The van der Waals surface area contributed by atoms with Crippen LogP contribution in [0.1, 0.15) is 31.2 Å². The molecule has 1 aliphatic heterocycles. The van der Waals surface area contributed by atoms with Gasteiger partial charge in [0.15, 0.2) is 0 Å². The zero-order valence-corrected chi connectivity index (χ0v) is 12.9. The molecule has 0 saturated carbocycles. The minimum atomic E-state index is 0. The third kappa shape index (κ3) is 3.08. The van der Waals surface area contributed by atoms with Crippen molar-refractivity contribution in [1.82, 2.24) is 5.32 Å². The first kappa shape index (κ1) is 15.1. The van der Waals surface area contributed by atoms with Gasteiger partial charge >= 0.3 is 0 Å². The normalized spacial score (nSPS) is 22.3. The molecule has 0 aromatic heterocycles. The molecular formula is C17H22ClNO. The minimum absolute atomic E-state index is 0. The Hall–Kier alpha value is -1.25. The Labute approximate surface area is 126 Å². The van der Waals surface area contributed by atoms with Gasteiger partial charge in [-0.05, 0) is 60.7 Å². The van der Waals surface area contributed by atoms with Crippen LogP contribution in [0.3, 0.4) is 0 Å². The standard InChI is InChI=1S/C17H21NO.ClH/c1-12-9-16(7-8-18-12)13-3-4-15-11-17(19-2)6-5-14(15)10-13;/h3-6,10-12,16,18H,7-9H2,1-2H3;1H. The summed E-state index contributed by atoms with van der Waals surface area (Å²) in [6.45, 7) is 3.41. The number of methoxy groups -OCH3 is 1. The fraction of sp³-hybridized carbons (Fsp3) is 0.412. The second-order valence-electron chi connectivity index (χ2n) is 5.55. The largest absolute Gasteiger partial charge is 0.497 e. The van der Waals surface area contributed by atoms with Gasteiger partial charge in [-0.15, -0.1) is 12.4 Å². The maximum absolute atomic E-state index is 5.27. The molecule has 108 valence electrons. The van der Waals surface area contributed by atoms with Gasteiger partial charge < -0.3 is 10.1 Å². The van der Waals surface area contributed by atoms with Crippen LogP contribution in [0.5, 0.6) is 5.75 Å². The van der Waals surface area contributed by atoms with E-state index in [2.05, 4.69) is 42.6 Å². The van der Waals surface area contributed by atoms with Crippen molar-refractivity contribution in [3.63, 3.8) is 0 Å². The third-order valence-electron chi connectivity index (χ3n) is 4.17. The van der Waals surface area contributed by atoms with Gasteiger partial charge in [-0.1, -0.05) is 24.3 Å². The van der Waals surface area contributed by atoms with Crippen molar-refractivity contribution in [3.8, 4) is 5.75 Å². The molecule has 2 atom stereocenters. The molecule has 0 radical (unpaired) electrons. The molecule has 2 unspecified atom stereocenters. The maximum Gasteiger partial charge on any atom is 0.119 e. The SMILES string of the molecule is COc1ccc2cc(C3CCNC(C)C3)ccc2c1.Cl. The van der Waals surface area contributed by atoms with Gasteiger partial charge in [-0.3, -0.25) is 0 Å². The van der Waals surface area contributed by atoms with Crippen LogP contribution in [-0.4, -0.2) is 19.7 Å². The fourth-order valence-corrected chi connectivity index (χ4v) is 3.06. The Morgan fingerprint density at radius 3 is 2.60 bits per heavy atom. The summed E-state index contributed by atoms with van der Waals surface area (Å²) in [5.41, 5.74) is 1.48. The van der Waals surface area contributed by atoms with E-state index < -0.39 is 0 Å². The van der Waals surface area contributed by atoms with Crippen LogP contribution in [0.4, 0.5) is 0 Å². The number of hydrogen-bond donors (Lipinski definition) is 1. The molecule has 0 aliphatic carbocycles. The second-order valence-corrected chi connectivity index (χ2v) is 5.55. The number of benzene rings is 2. The topological polar surface area (TPSA) is 21.3 Å². The van der Waals surface area contributed by atoms with Crippen LogP contribution in [0.2, 0.25) is 0 Å². The van der Waals surface area contributed by atoms with Gasteiger partial charge in [0, 0.05) is 6.04 Å². The maximum atomic E-state index is 5.27. The molecule has 20 heavy (non-hydrogen) atoms. The van der Waals surface area contributed by atoms with Crippen molar-refractivity contribution in [2.45, 2.75) is 31.7 Å². The van der Waals surface area contributed by atoms with Crippen molar-refractivity contribution in [2.75, 3.05) is 13.7 Å². The van der Waals surface area contributed by atoms with Crippen LogP contribution in [0.25, 0.3) is 10.8 Å². The van der Waals surface area contributed by atoms with Crippen molar-refractivity contribution in [1.29, 1.82) is 0 Å². The van der Waals surface area contributed by atoms with Crippen molar-refractivity contribution >= 4 is 23.2 Å². The summed E-state index contributed by atoms with van der Waals surface area (Å²) < 4.78 is 5.27. The van der Waals surface area contributed by atoms with E-state index in [0.29, 0.717) is 12.0 Å². The van der Waals surface area contributed by atoms with E-state index in [-0.39, 0.29) is 12.4 Å². The lowest BCUT2D eigenvalue weighted by atomic mass is 9.86. The summed E-state index contributed by atoms with van der Waals surface area (Å²) in [6.07, 6.45) is 2.48. The molecule has 1 saturated heterocycles. The average Bonchev–Trinajstić information content (AvgIpc) is 2.46. The first-order valence-electron chi connectivity index (χ1n) is 7.07. The van der Waals surface area contributed by atoms with Gasteiger partial charge in [0.05, 0.1) is 7.11 Å². The molecule has 3 heteroatoms. The van der Waals surface area contributed by atoms with Crippen LogP contribution < -0.4 is 10.1 Å². The van der Waals surface area contributed by atoms with Gasteiger partial charge in [0.2, 0.25) is 0 Å². The quantitative estimate of drug-likeness (QED) is 0.898. The lowest BCUT2D eigenvalue weighted by Crippen LogP contribution is -2.34. The highest BCUT2D eigenvalue weighted by atomic mass is 35.5. The predicted octanol–water partition coefficient (Wildman–Crippen LogP) is 4.13. The van der Waals surface area contributed by atoms with Crippen LogP contribution in [0.15, 0.2) is 36.4 Å². The summed E-state index contributed by atoms with van der Waals surface area (Å²) in [7, 11) is 1.71. The lowest BCUT2D eigenvalue weighted by Gasteiger charge is -2.28. The average molecular weight is 292 g/mol. The molecule has 3 rings (SSSR count). The molecule has 2 nitrogen and oxygen atoms in total. The summed E-state index contributed by atoms with van der Waals surface area (Å²) in [5.74, 6) is 1.62. The number of hydrogen-bond acceptors (Lipinski definition) is 2. The van der Waals surface area contributed by atoms with Gasteiger partial charge in [0.1, 0.15) is 5.75 Å². The summed E-state index contributed by atoms with van der Waals surface area (Å²) in [4.78, 5) is 0. The zero-order chi connectivity index (χ0) is 13.2. The molecule has 2 aromatic carbocycles. The Bertz CT molecular complexity index is 584. The predicted molar refractivity (Wildman–Crippen MR) is 87.2 cm³/mol. The number of nitrogens with one attached hydrogen (secondary N) is 1. The molecule has 1 aliphatic rings. The van der Waals surface area contributed by atoms with Crippen molar-refractivity contribution < 1.29 is 4.74 Å². The van der Waals surface area contributed by atoms with Crippen molar-refractivity contribution in [2.24, 2.45) is 0 Å². The first-order valence-corrected chi connectivity index (χ1v) is 7.07. The number of ether oxygens (including phenoxy) is 1. The Balaban J connectivity index is 0.00000147. The van der Waals surface area contributed by atoms with E-state index in [1.165, 1.54) is 29.2 Å². The highest BCUT2D eigenvalue weighted by molar-refractivity contribution is 5.85. The van der Waals surface area contributed by atoms with E-state index in [4.69, 9.17) is 4.74 Å². The molecule has 0 bridgehead atoms. The first-order chi connectivity index (χ1) is 9.26. The molecule has 2 aromatic rings. The Morgan fingerprint density at radius 2 is 1.85 bits per heavy atom.